The van der Waals surface area contributed by atoms with Crippen LogP contribution in [0.1, 0.15) is 56.7 Å². The highest BCUT2D eigenvalue weighted by Gasteiger charge is 2.33. The van der Waals surface area contributed by atoms with Crippen molar-refractivity contribution >= 4 is 39.1 Å². The first-order valence-corrected chi connectivity index (χ1v) is 16.1. The molecule has 0 fully saturated rings. The van der Waals surface area contributed by atoms with Crippen molar-refractivity contribution in [3.63, 3.8) is 0 Å². The molecule has 2 atom stereocenters. The van der Waals surface area contributed by atoms with Crippen LogP contribution in [-0.4, -0.2) is 50.0 Å². The van der Waals surface area contributed by atoms with Gasteiger partial charge in [0, 0.05) is 24.0 Å². The number of hydrogen-bond acceptors (Lipinski definition) is 4. The summed E-state index contributed by atoms with van der Waals surface area (Å²) >= 11 is 6.49. The number of sulfonamides is 1. The van der Waals surface area contributed by atoms with Gasteiger partial charge in [-0.05, 0) is 54.2 Å². The smallest absolute Gasteiger partial charge is 0.244 e. The molecule has 0 spiro atoms. The Hall–Kier alpha value is -3.36. The number of carbonyl (C=O) groups excluding carboxylic acids is 2. The van der Waals surface area contributed by atoms with E-state index in [2.05, 4.69) is 19.2 Å². The average Bonchev–Trinajstić information content (AvgIpc) is 2.94. The van der Waals surface area contributed by atoms with Crippen LogP contribution in [0.2, 0.25) is 5.02 Å². The zero-order chi connectivity index (χ0) is 30.2. The largest absolute Gasteiger partial charge is 0.352 e. The van der Waals surface area contributed by atoms with E-state index in [0.717, 1.165) is 28.1 Å². The molecule has 3 rings (SSSR count). The molecule has 0 radical (unpaired) electrons. The third-order valence-corrected chi connectivity index (χ3v) is 8.61. The van der Waals surface area contributed by atoms with Gasteiger partial charge in [0.25, 0.3) is 0 Å². The molecule has 0 aliphatic rings. The van der Waals surface area contributed by atoms with Gasteiger partial charge in [-0.3, -0.25) is 13.9 Å². The zero-order valence-electron chi connectivity index (χ0n) is 24.4. The van der Waals surface area contributed by atoms with E-state index >= 15 is 0 Å². The molecular formula is C32H40ClN3O4S. The number of halogens is 1. The van der Waals surface area contributed by atoms with Gasteiger partial charge >= 0.3 is 0 Å². The minimum Gasteiger partial charge on any atom is -0.352 e. The number of hydrogen-bond donors (Lipinski definition) is 1. The molecule has 2 amide bonds. The second kappa shape index (κ2) is 14.5. The summed E-state index contributed by atoms with van der Waals surface area (Å²) in [7, 11) is -3.83. The molecule has 0 aromatic heterocycles. The first-order valence-electron chi connectivity index (χ1n) is 13.9. The summed E-state index contributed by atoms with van der Waals surface area (Å²) in [5.41, 5.74) is 2.97. The first-order chi connectivity index (χ1) is 19.4. The van der Waals surface area contributed by atoms with Crippen LogP contribution in [0.5, 0.6) is 0 Å². The summed E-state index contributed by atoms with van der Waals surface area (Å²) in [5.74, 6) is -0.550. The molecule has 3 aromatic rings. The molecule has 41 heavy (non-hydrogen) atoms. The second-order valence-corrected chi connectivity index (χ2v) is 13.0. The maximum absolute atomic E-state index is 14.2. The van der Waals surface area contributed by atoms with E-state index in [9.17, 15) is 18.0 Å². The van der Waals surface area contributed by atoms with Crippen molar-refractivity contribution in [2.75, 3.05) is 17.1 Å². The molecule has 220 valence electrons. The summed E-state index contributed by atoms with van der Waals surface area (Å²) in [5, 5.41) is 3.47. The predicted molar refractivity (Wildman–Crippen MR) is 167 cm³/mol. The number of amides is 2. The van der Waals surface area contributed by atoms with Crippen molar-refractivity contribution < 1.29 is 18.0 Å². The van der Waals surface area contributed by atoms with E-state index in [1.165, 1.54) is 4.90 Å². The molecule has 0 saturated carbocycles. The third-order valence-electron chi connectivity index (χ3n) is 7.10. The molecule has 0 bridgehead atoms. The van der Waals surface area contributed by atoms with Crippen LogP contribution in [0.25, 0.3) is 0 Å². The third kappa shape index (κ3) is 9.07. The Morgan fingerprint density at radius 1 is 0.902 bits per heavy atom. The Bertz CT molecular complexity index is 1410. The van der Waals surface area contributed by atoms with Crippen molar-refractivity contribution in [2.45, 2.75) is 65.1 Å². The maximum atomic E-state index is 14.2. The molecule has 0 heterocycles. The van der Waals surface area contributed by atoms with Crippen molar-refractivity contribution in [3.05, 3.63) is 101 Å². The topological polar surface area (TPSA) is 86.8 Å². The summed E-state index contributed by atoms with van der Waals surface area (Å²) in [6, 6.07) is 22.7. The minimum atomic E-state index is -3.83. The summed E-state index contributed by atoms with van der Waals surface area (Å²) in [4.78, 5) is 29.3. The molecule has 9 heteroatoms. The molecule has 0 aliphatic heterocycles. The van der Waals surface area contributed by atoms with Crippen LogP contribution in [0.4, 0.5) is 5.69 Å². The number of nitrogens with one attached hydrogen (secondary N) is 1. The van der Waals surface area contributed by atoms with Crippen LogP contribution in [0, 0.1) is 0 Å². The van der Waals surface area contributed by atoms with Gasteiger partial charge in [0.1, 0.15) is 12.6 Å². The first kappa shape index (κ1) is 32.2. The second-order valence-electron chi connectivity index (χ2n) is 10.7. The van der Waals surface area contributed by atoms with Crippen LogP contribution >= 0.6 is 11.6 Å². The van der Waals surface area contributed by atoms with Gasteiger partial charge in [-0.1, -0.05) is 93.0 Å². The Labute approximate surface area is 249 Å². The molecule has 7 nitrogen and oxygen atoms in total. The van der Waals surface area contributed by atoms with Crippen molar-refractivity contribution in [2.24, 2.45) is 0 Å². The fraction of sp³-hybridized carbons (Fsp3) is 0.375. The van der Waals surface area contributed by atoms with E-state index in [0.29, 0.717) is 16.3 Å². The summed E-state index contributed by atoms with van der Waals surface area (Å²) < 4.78 is 27.0. The number of rotatable bonds is 13. The molecule has 3 aromatic carbocycles. The quantitative estimate of drug-likeness (QED) is 0.270. The van der Waals surface area contributed by atoms with Crippen LogP contribution in [0.15, 0.2) is 78.9 Å². The summed E-state index contributed by atoms with van der Waals surface area (Å²) in [6.45, 7) is 7.55. The minimum absolute atomic E-state index is 0.0355. The van der Waals surface area contributed by atoms with Crippen molar-refractivity contribution in [3.8, 4) is 0 Å². The van der Waals surface area contributed by atoms with E-state index in [-0.39, 0.29) is 30.8 Å². The van der Waals surface area contributed by atoms with Gasteiger partial charge in [0.15, 0.2) is 0 Å². The lowest BCUT2D eigenvalue weighted by Crippen LogP contribution is -2.54. The normalized spacial score (nSPS) is 13.0. The average molecular weight is 598 g/mol. The lowest BCUT2D eigenvalue weighted by Gasteiger charge is -2.34. The van der Waals surface area contributed by atoms with E-state index < -0.39 is 28.5 Å². The number of nitrogens with zero attached hydrogens (tertiary/aromatic N) is 2. The standard InChI is InChI=1S/C32H40ClN3O4S/c1-6-24(4)34-32(38)30(20-25-12-8-7-9-13-25)35(21-27-14-10-11-15-29(27)33)31(37)22-36(41(5,39)40)28-18-16-26(17-19-28)23(2)3/h7-19,23-24,30H,6,20-22H2,1-5H3,(H,34,38)/t24-,30-/m1/s1. The lowest BCUT2D eigenvalue weighted by molar-refractivity contribution is -0.140. The van der Waals surface area contributed by atoms with Crippen LogP contribution in [-0.2, 0) is 32.6 Å². The molecule has 0 aliphatic carbocycles. The number of carbonyl (C=O) groups is 2. The van der Waals surface area contributed by atoms with Crippen molar-refractivity contribution in [1.29, 1.82) is 0 Å². The van der Waals surface area contributed by atoms with Crippen molar-refractivity contribution in [1.82, 2.24) is 10.2 Å². The van der Waals surface area contributed by atoms with E-state index in [4.69, 9.17) is 11.6 Å². The van der Waals surface area contributed by atoms with Gasteiger partial charge in [0.2, 0.25) is 21.8 Å². The van der Waals surface area contributed by atoms with Gasteiger partial charge in [-0.15, -0.1) is 0 Å². The van der Waals surface area contributed by atoms with Gasteiger partial charge in [0.05, 0.1) is 11.9 Å². The fourth-order valence-corrected chi connectivity index (χ4v) is 5.49. The monoisotopic (exact) mass is 597 g/mol. The Morgan fingerprint density at radius 2 is 1.51 bits per heavy atom. The lowest BCUT2D eigenvalue weighted by atomic mass is 10.0. The molecule has 0 saturated heterocycles. The van der Waals surface area contributed by atoms with Crippen LogP contribution < -0.4 is 9.62 Å². The maximum Gasteiger partial charge on any atom is 0.244 e. The van der Waals surface area contributed by atoms with Gasteiger partial charge in [-0.25, -0.2) is 8.42 Å². The predicted octanol–water partition coefficient (Wildman–Crippen LogP) is 5.78. The highest BCUT2D eigenvalue weighted by atomic mass is 35.5. The van der Waals surface area contributed by atoms with E-state index in [1.54, 1.807) is 30.3 Å². The molecule has 1 N–H and O–H groups in total. The van der Waals surface area contributed by atoms with Gasteiger partial charge in [-0.2, -0.15) is 0 Å². The Kier molecular flexibility index (Phi) is 11.4. The fourth-order valence-electron chi connectivity index (χ4n) is 4.44. The number of anilines is 1. The van der Waals surface area contributed by atoms with E-state index in [1.807, 2.05) is 62.4 Å². The van der Waals surface area contributed by atoms with Crippen LogP contribution in [0.3, 0.4) is 0 Å². The molecular weight excluding hydrogens is 558 g/mol. The van der Waals surface area contributed by atoms with Gasteiger partial charge < -0.3 is 10.2 Å². The highest BCUT2D eigenvalue weighted by molar-refractivity contribution is 7.92. The highest BCUT2D eigenvalue weighted by Crippen LogP contribution is 2.24. The summed E-state index contributed by atoms with van der Waals surface area (Å²) in [6.07, 6.45) is 2.05. The molecule has 0 unspecified atom stereocenters. The Balaban J connectivity index is 2.06. The SMILES string of the molecule is CC[C@@H](C)NC(=O)[C@@H](Cc1ccccc1)N(Cc1ccccc1Cl)C(=O)CN(c1ccc(C(C)C)cc1)S(C)(=O)=O. The number of benzene rings is 3. The zero-order valence-corrected chi connectivity index (χ0v) is 26.0. The Morgan fingerprint density at radius 3 is 2.07 bits per heavy atom.